The van der Waals surface area contributed by atoms with Crippen LogP contribution in [0.4, 0.5) is 0 Å². The number of aromatic amines is 1. The molecule has 0 saturated carbocycles. The van der Waals surface area contributed by atoms with E-state index in [4.69, 9.17) is 0 Å². The van der Waals surface area contributed by atoms with Crippen molar-refractivity contribution in [3.05, 3.63) is 45.4 Å². The second-order valence-corrected chi connectivity index (χ2v) is 5.94. The summed E-state index contributed by atoms with van der Waals surface area (Å²) in [4.78, 5) is 22.1. The van der Waals surface area contributed by atoms with Crippen molar-refractivity contribution in [1.82, 2.24) is 24.6 Å². The van der Waals surface area contributed by atoms with Crippen LogP contribution in [0.1, 0.15) is 42.5 Å². The van der Waals surface area contributed by atoms with Gasteiger partial charge in [0.2, 0.25) is 0 Å². The number of nitrogens with zero attached hydrogens (tertiary/aromatic N) is 4. The second-order valence-electron chi connectivity index (χ2n) is 5.94. The fraction of sp³-hybridized carbons (Fsp3) is 0.533. The summed E-state index contributed by atoms with van der Waals surface area (Å²) in [5.41, 5.74) is 2.94. The van der Waals surface area contributed by atoms with Crippen molar-refractivity contribution in [1.29, 1.82) is 0 Å². The van der Waals surface area contributed by atoms with Crippen molar-refractivity contribution in [3.63, 3.8) is 0 Å². The molecule has 0 atom stereocenters. The zero-order valence-electron chi connectivity index (χ0n) is 12.8. The Morgan fingerprint density at radius 2 is 2.24 bits per heavy atom. The Morgan fingerprint density at radius 3 is 2.90 bits per heavy atom. The van der Waals surface area contributed by atoms with E-state index in [0.29, 0.717) is 6.54 Å². The fourth-order valence-electron chi connectivity index (χ4n) is 2.69. The molecule has 0 aromatic carbocycles. The quantitative estimate of drug-likeness (QED) is 0.920. The third-order valence-corrected chi connectivity index (χ3v) is 4.02. The number of rotatable bonds is 3. The predicted octanol–water partition coefficient (Wildman–Crippen LogP) is 1.19. The van der Waals surface area contributed by atoms with Gasteiger partial charge in [-0.2, -0.15) is 5.10 Å². The minimum Gasteiger partial charge on any atom is -0.310 e. The van der Waals surface area contributed by atoms with Gasteiger partial charge >= 0.3 is 0 Å². The third-order valence-electron chi connectivity index (χ3n) is 4.02. The molecule has 1 N–H and O–H groups in total. The summed E-state index contributed by atoms with van der Waals surface area (Å²) in [6.45, 7) is 6.47. The van der Waals surface area contributed by atoms with Crippen LogP contribution in [0.25, 0.3) is 0 Å². The Kier molecular flexibility index (Phi) is 3.63. The molecule has 0 bridgehead atoms. The summed E-state index contributed by atoms with van der Waals surface area (Å²) in [6, 6.07) is 2.01. The lowest BCUT2D eigenvalue weighted by Gasteiger charge is -2.27. The maximum atomic E-state index is 12.3. The molecule has 0 aliphatic carbocycles. The molecule has 21 heavy (non-hydrogen) atoms. The third kappa shape index (κ3) is 2.76. The van der Waals surface area contributed by atoms with Crippen LogP contribution in [0, 0.1) is 0 Å². The molecule has 112 valence electrons. The van der Waals surface area contributed by atoms with Gasteiger partial charge in [-0.15, -0.1) is 0 Å². The zero-order valence-corrected chi connectivity index (χ0v) is 12.8. The van der Waals surface area contributed by atoms with E-state index in [1.54, 1.807) is 6.20 Å². The highest BCUT2D eigenvalue weighted by Gasteiger charge is 2.22. The number of fused-ring (bicyclic) bond motifs is 1. The van der Waals surface area contributed by atoms with Gasteiger partial charge in [0.05, 0.1) is 17.0 Å². The van der Waals surface area contributed by atoms with Crippen molar-refractivity contribution in [2.45, 2.75) is 39.3 Å². The van der Waals surface area contributed by atoms with Gasteiger partial charge in [-0.1, -0.05) is 13.8 Å². The summed E-state index contributed by atoms with van der Waals surface area (Å²) < 4.78 is 1.87. The van der Waals surface area contributed by atoms with E-state index in [0.717, 1.165) is 42.3 Å². The first-order valence-corrected chi connectivity index (χ1v) is 7.36. The Labute approximate surface area is 123 Å². The molecule has 0 unspecified atom stereocenters. The van der Waals surface area contributed by atoms with Gasteiger partial charge in [0.1, 0.15) is 5.82 Å². The maximum Gasteiger partial charge on any atom is 0.255 e. The Balaban J connectivity index is 1.83. The molecular weight excluding hydrogens is 266 g/mol. The van der Waals surface area contributed by atoms with Gasteiger partial charge < -0.3 is 4.98 Å². The fourth-order valence-corrected chi connectivity index (χ4v) is 2.69. The van der Waals surface area contributed by atoms with Crippen LogP contribution in [-0.2, 0) is 26.6 Å². The first kappa shape index (κ1) is 14.0. The summed E-state index contributed by atoms with van der Waals surface area (Å²) in [5.74, 6) is 1.04. The van der Waals surface area contributed by atoms with Crippen molar-refractivity contribution >= 4 is 0 Å². The average Bonchev–Trinajstić information content (AvgIpc) is 2.84. The largest absolute Gasteiger partial charge is 0.310 e. The molecule has 1 aliphatic heterocycles. The van der Waals surface area contributed by atoms with E-state index in [1.807, 2.05) is 31.6 Å². The Hall–Kier alpha value is -1.95. The molecule has 6 heteroatoms. The Bertz CT molecular complexity index is 700. The van der Waals surface area contributed by atoms with Crippen LogP contribution < -0.4 is 5.56 Å². The van der Waals surface area contributed by atoms with Crippen molar-refractivity contribution in [3.8, 4) is 0 Å². The molecule has 0 radical (unpaired) electrons. The highest BCUT2D eigenvalue weighted by Crippen LogP contribution is 2.17. The minimum absolute atomic E-state index is 0.0124. The molecule has 2 aromatic rings. The molecular formula is C15H21N5O. The molecule has 0 spiro atoms. The van der Waals surface area contributed by atoms with E-state index in [-0.39, 0.29) is 11.5 Å². The van der Waals surface area contributed by atoms with E-state index in [9.17, 15) is 4.79 Å². The molecule has 0 amide bonds. The molecule has 3 rings (SSSR count). The standard InChI is InChI=1S/C15H21N5O/c1-10(2)14-17-13-5-7-20(9-12(13)15(21)18-14)8-11-4-6-16-19(11)3/h4,6,10H,5,7-9H2,1-3H3,(H,17,18,21). The monoisotopic (exact) mass is 287 g/mol. The van der Waals surface area contributed by atoms with Crippen LogP contribution in [0.2, 0.25) is 0 Å². The number of hydrogen-bond acceptors (Lipinski definition) is 4. The van der Waals surface area contributed by atoms with Crippen LogP contribution in [0.5, 0.6) is 0 Å². The minimum atomic E-state index is 0.0124. The summed E-state index contributed by atoms with van der Waals surface area (Å²) in [5, 5.41) is 4.18. The van der Waals surface area contributed by atoms with Gasteiger partial charge in [-0.3, -0.25) is 14.4 Å². The summed E-state index contributed by atoms with van der Waals surface area (Å²) >= 11 is 0. The van der Waals surface area contributed by atoms with Gasteiger partial charge in [0, 0.05) is 45.2 Å². The van der Waals surface area contributed by atoms with Crippen LogP contribution >= 0.6 is 0 Å². The normalized spacial score (nSPS) is 15.4. The molecule has 6 nitrogen and oxygen atoms in total. The van der Waals surface area contributed by atoms with Crippen molar-refractivity contribution in [2.24, 2.45) is 7.05 Å². The lowest BCUT2D eigenvalue weighted by atomic mass is 10.1. The number of aromatic nitrogens is 4. The topological polar surface area (TPSA) is 66.8 Å². The molecule has 3 heterocycles. The summed E-state index contributed by atoms with van der Waals surface area (Å²) in [7, 11) is 1.94. The number of hydrogen-bond donors (Lipinski definition) is 1. The van der Waals surface area contributed by atoms with Gasteiger partial charge in [0.25, 0.3) is 5.56 Å². The smallest absolute Gasteiger partial charge is 0.255 e. The lowest BCUT2D eigenvalue weighted by molar-refractivity contribution is 0.235. The van der Waals surface area contributed by atoms with Crippen LogP contribution in [0.15, 0.2) is 17.1 Å². The lowest BCUT2D eigenvalue weighted by Crippen LogP contribution is -2.36. The predicted molar refractivity (Wildman–Crippen MR) is 80.0 cm³/mol. The average molecular weight is 287 g/mol. The molecule has 0 fully saturated rings. The van der Waals surface area contributed by atoms with Crippen molar-refractivity contribution in [2.75, 3.05) is 6.54 Å². The van der Waals surface area contributed by atoms with Crippen LogP contribution in [-0.4, -0.2) is 31.2 Å². The molecule has 1 aliphatic rings. The Morgan fingerprint density at radius 1 is 1.43 bits per heavy atom. The van der Waals surface area contributed by atoms with E-state index < -0.39 is 0 Å². The highest BCUT2D eigenvalue weighted by molar-refractivity contribution is 5.21. The molecule has 2 aromatic heterocycles. The zero-order chi connectivity index (χ0) is 15.0. The second kappa shape index (κ2) is 5.44. The first-order valence-electron chi connectivity index (χ1n) is 7.36. The van der Waals surface area contributed by atoms with Gasteiger partial charge in [0.15, 0.2) is 0 Å². The summed E-state index contributed by atoms with van der Waals surface area (Å²) in [6.07, 6.45) is 2.63. The number of nitrogens with one attached hydrogen (secondary N) is 1. The molecule has 0 saturated heterocycles. The highest BCUT2D eigenvalue weighted by atomic mass is 16.1. The SMILES string of the molecule is CC(C)c1nc2c(c(=O)[nH]1)CN(Cc1ccnn1C)CC2. The van der Waals surface area contributed by atoms with E-state index in [1.165, 1.54) is 0 Å². The van der Waals surface area contributed by atoms with E-state index >= 15 is 0 Å². The first-order chi connectivity index (χ1) is 10.0. The van der Waals surface area contributed by atoms with Crippen LogP contribution in [0.3, 0.4) is 0 Å². The van der Waals surface area contributed by atoms with Gasteiger partial charge in [-0.05, 0) is 6.07 Å². The number of H-pyrrole nitrogens is 1. The van der Waals surface area contributed by atoms with Crippen molar-refractivity contribution < 1.29 is 0 Å². The van der Waals surface area contributed by atoms with E-state index in [2.05, 4.69) is 20.0 Å². The number of aryl methyl sites for hydroxylation is 1. The van der Waals surface area contributed by atoms with Gasteiger partial charge in [-0.25, -0.2) is 4.98 Å². The maximum absolute atomic E-state index is 12.3.